The van der Waals surface area contributed by atoms with Crippen LogP contribution in [0.2, 0.25) is 0 Å². The van der Waals surface area contributed by atoms with Gasteiger partial charge in [-0.15, -0.1) is 0 Å². The van der Waals surface area contributed by atoms with E-state index in [0.29, 0.717) is 13.0 Å². The molecule has 1 amide bonds. The summed E-state index contributed by atoms with van der Waals surface area (Å²) < 4.78 is 0. The number of aliphatic hydroxyl groups excluding tert-OH is 1. The molecule has 0 aliphatic carbocycles. The lowest BCUT2D eigenvalue weighted by Gasteiger charge is -2.26. The van der Waals surface area contributed by atoms with Gasteiger partial charge >= 0.3 is 0 Å². The van der Waals surface area contributed by atoms with Gasteiger partial charge in [0, 0.05) is 6.54 Å². The lowest BCUT2D eigenvalue weighted by atomic mass is 10.1. The van der Waals surface area contributed by atoms with Gasteiger partial charge in [0.25, 0.3) is 0 Å². The predicted octanol–water partition coefficient (Wildman–Crippen LogP) is -0.725. The lowest BCUT2D eigenvalue weighted by Crippen LogP contribution is -2.52. The number of hydrogen-bond acceptors (Lipinski definition) is 4. The third-order valence-corrected chi connectivity index (χ3v) is 2.81. The standard InChI is InChI=1S/C10H18N2O3/c1-6(13)8-4-3-5-12(8)10(15)9(11)7(2)14/h7-9,14H,3-5,11H2,1-2H3/t7-,8-,9+/m1/s1. The minimum atomic E-state index is -0.926. The number of nitrogens with two attached hydrogens (primary N) is 1. The minimum Gasteiger partial charge on any atom is -0.391 e. The Morgan fingerprint density at radius 1 is 1.53 bits per heavy atom. The highest BCUT2D eigenvalue weighted by Gasteiger charge is 2.35. The van der Waals surface area contributed by atoms with Crippen LogP contribution in [0.4, 0.5) is 0 Å². The van der Waals surface area contributed by atoms with Gasteiger partial charge in [-0.3, -0.25) is 9.59 Å². The molecular weight excluding hydrogens is 196 g/mol. The summed E-state index contributed by atoms with van der Waals surface area (Å²) >= 11 is 0. The van der Waals surface area contributed by atoms with E-state index in [4.69, 9.17) is 5.73 Å². The Labute approximate surface area is 89.2 Å². The molecule has 1 aliphatic rings. The summed E-state index contributed by atoms with van der Waals surface area (Å²) in [6.07, 6.45) is 0.640. The van der Waals surface area contributed by atoms with Gasteiger partial charge in [-0.25, -0.2) is 0 Å². The summed E-state index contributed by atoms with van der Waals surface area (Å²) in [6, 6.07) is -1.27. The van der Waals surface area contributed by atoms with Gasteiger partial charge in [0.2, 0.25) is 5.91 Å². The first-order chi connectivity index (χ1) is 6.95. The van der Waals surface area contributed by atoms with Crippen molar-refractivity contribution in [2.75, 3.05) is 6.54 Å². The zero-order chi connectivity index (χ0) is 11.6. The molecule has 1 fully saturated rings. The van der Waals surface area contributed by atoms with Gasteiger partial charge < -0.3 is 15.7 Å². The Morgan fingerprint density at radius 3 is 2.60 bits per heavy atom. The molecular formula is C10H18N2O3. The maximum Gasteiger partial charge on any atom is 0.242 e. The first-order valence-electron chi connectivity index (χ1n) is 5.19. The van der Waals surface area contributed by atoms with Crippen molar-refractivity contribution in [1.82, 2.24) is 4.90 Å². The fourth-order valence-corrected chi connectivity index (χ4v) is 1.85. The molecule has 3 atom stereocenters. The van der Waals surface area contributed by atoms with Crippen LogP contribution in [0, 0.1) is 0 Å². The number of carbonyl (C=O) groups excluding carboxylic acids is 2. The van der Waals surface area contributed by atoms with Crippen LogP contribution < -0.4 is 5.73 Å². The second-order valence-corrected chi connectivity index (χ2v) is 4.07. The van der Waals surface area contributed by atoms with Crippen LogP contribution in [0.15, 0.2) is 0 Å². The molecule has 0 bridgehead atoms. The molecule has 0 spiro atoms. The molecule has 1 aliphatic heterocycles. The molecule has 1 rings (SSSR count). The zero-order valence-corrected chi connectivity index (χ0v) is 9.14. The molecule has 86 valence electrons. The fourth-order valence-electron chi connectivity index (χ4n) is 1.85. The van der Waals surface area contributed by atoms with Crippen LogP contribution in [0.5, 0.6) is 0 Å². The van der Waals surface area contributed by atoms with Gasteiger partial charge in [-0.1, -0.05) is 0 Å². The topological polar surface area (TPSA) is 83.6 Å². The molecule has 0 aromatic rings. The van der Waals surface area contributed by atoms with E-state index in [1.165, 1.54) is 18.7 Å². The van der Waals surface area contributed by atoms with Crippen molar-refractivity contribution in [2.45, 2.75) is 44.9 Å². The summed E-state index contributed by atoms with van der Waals surface area (Å²) in [4.78, 5) is 24.5. The Morgan fingerprint density at radius 2 is 2.13 bits per heavy atom. The predicted molar refractivity (Wildman–Crippen MR) is 55.1 cm³/mol. The summed E-state index contributed by atoms with van der Waals surface area (Å²) in [5.41, 5.74) is 5.55. The van der Waals surface area contributed by atoms with Gasteiger partial charge in [0.05, 0.1) is 12.1 Å². The SMILES string of the molecule is CC(=O)[C@H]1CCCN1C(=O)[C@@H](N)[C@@H](C)O. The molecule has 0 saturated carbocycles. The van der Waals surface area contributed by atoms with E-state index in [2.05, 4.69) is 0 Å². The van der Waals surface area contributed by atoms with E-state index in [9.17, 15) is 14.7 Å². The van der Waals surface area contributed by atoms with Crippen molar-refractivity contribution in [2.24, 2.45) is 5.73 Å². The normalized spacial score (nSPS) is 25.1. The number of ketones is 1. The number of aliphatic hydroxyl groups is 1. The second-order valence-electron chi connectivity index (χ2n) is 4.07. The summed E-state index contributed by atoms with van der Waals surface area (Å²) in [7, 11) is 0. The van der Waals surface area contributed by atoms with E-state index in [1.807, 2.05) is 0 Å². The number of rotatable bonds is 3. The summed E-state index contributed by atoms with van der Waals surface area (Å²) in [6.45, 7) is 3.51. The van der Waals surface area contributed by atoms with Gasteiger partial charge in [-0.05, 0) is 26.7 Å². The first-order valence-corrected chi connectivity index (χ1v) is 5.19. The highest BCUT2D eigenvalue weighted by molar-refractivity contribution is 5.90. The zero-order valence-electron chi connectivity index (χ0n) is 9.14. The fraction of sp³-hybridized carbons (Fsp3) is 0.800. The van der Waals surface area contributed by atoms with Crippen molar-refractivity contribution < 1.29 is 14.7 Å². The van der Waals surface area contributed by atoms with Gasteiger partial charge in [-0.2, -0.15) is 0 Å². The average molecular weight is 214 g/mol. The van der Waals surface area contributed by atoms with Crippen LogP contribution in [-0.4, -0.2) is 46.4 Å². The van der Waals surface area contributed by atoms with Crippen LogP contribution in [0.3, 0.4) is 0 Å². The molecule has 0 unspecified atom stereocenters. The Hall–Kier alpha value is -0.940. The third-order valence-electron chi connectivity index (χ3n) is 2.81. The third kappa shape index (κ3) is 2.54. The smallest absolute Gasteiger partial charge is 0.242 e. The molecule has 1 heterocycles. The van der Waals surface area contributed by atoms with Gasteiger partial charge in [0.1, 0.15) is 6.04 Å². The van der Waals surface area contributed by atoms with Crippen LogP contribution in [-0.2, 0) is 9.59 Å². The number of nitrogens with zero attached hydrogens (tertiary/aromatic N) is 1. The van der Waals surface area contributed by atoms with Crippen molar-refractivity contribution in [3.63, 3.8) is 0 Å². The van der Waals surface area contributed by atoms with Crippen molar-refractivity contribution in [3.05, 3.63) is 0 Å². The second kappa shape index (κ2) is 4.72. The Balaban J connectivity index is 2.70. The number of likely N-dealkylation sites (tertiary alicyclic amines) is 1. The number of carbonyl (C=O) groups is 2. The molecule has 5 heteroatoms. The maximum atomic E-state index is 11.8. The van der Waals surface area contributed by atoms with Crippen LogP contribution in [0.1, 0.15) is 26.7 Å². The quantitative estimate of drug-likeness (QED) is 0.649. The highest BCUT2D eigenvalue weighted by atomic mass is 16.3. The molecule has 1 saturated heterocycles. The highest BCUT2D eigenvalue weighted by Crippen LogP contribution is 2.19. The maximum absolute atomic E-state index is 11.8. The van der Waals surface area contributed by atoms with E-state index in [0.717, 1.165) is 6.42 Å². The van der Waals surface area contributed by atoms with Crippen molar-refractivity contribution in [1.29, 1.82) is 0 Å². The van der Waals surface area contributed by atoms with Crippen molar-refractivity contribution in [3.8, 4) is 0 Å². The Bertz CT molecular complexity index is 265. The van der Waals surface area contributed by atoms with Gasteiger partial charge in [0.15, 0.2) is 5.78 Å². The average Bonchev–Trinajstić information content (AvgIpc) is 2.63. The molecule has 0 aromatic heterocycles. The van der Waals surface area contributed by atoms with Crippen LogP contribution in [0.25, 0.3) is 0 Å². The van der Waals surface area contributed by atoms with E-state index in [1.54, 1.807) is 0 Å². The number of amides is 1. The minimum absolute atomic E-state index is 0.0151. The summed E-state index contributed by atoms with van der Waals surface area (Å²) in [5, 5.41) is 9.22. The van der Waals surface area contributed by atoms with Crippen molar-refractivity contribution >= 4 is 11.7 Å². The van der Waals surface area contributed by atoms with E-state index < -0.39 is 12.1 Å². The summed E-state index contributed by atoms with van der Waals surface area (Å²) in [5.74, 6) is -0.346. The number of Topliss-reactive ketones (excluding diaryl/α,β-unsaturated/α-hetero) is 1. The molecule has 0 radical (unpaired) electrons. The van der Waals surface area contributed by atoms with Crippen LogP contribution >= 0.6 is 0 Å². The lowest BCUT2D eigenvalue weighted by molar-refractivity contribution is -0.139. The molecule has 5 nitrogen and oxygen atoms in total. The number of hydrogen-bond donors (Lipinski definition) is 2. The first kappa shape index (κ1) is 12.1. The molecule has 0 aromatic carbocycles. The van der Waals surface area contributed by atoms with E-state index in [-0.39, 0.29) is 17.7 Å². The molecule has 3 N–H and O–H groups in total. The van der Waals surface area contributed by atoms with E-state index >= 15 is 0 Å². The molecule has 15 heavy (non-hydrogen) atoms. The largest absolute Gasteiger partial charge is 0.391 e. The Kier molecular flexibility index (Phi) is 3.82. The monoisotopic (exact) mass is 214 g/mol.